The van der Waals surface area contributed by atoms with E-state index in [1.807, 2.05) is 23.1 Å². The average Bonchev–Trinajstić information content (AvgIpc) is 3.76. The molecule has 0 spiro atoms. The standard InChI is InChI=1S/C42H39F3N8O4/c43-32-4-1-27(19-33(32)44)35-24-52-14-10-26(21-37(52)47-35)28-20-34(45)39(46-23-28)51-12-8-25(9-13-51)7-11-49-15-17-50(18-16-49)29-2-3-30-31(22-29)42(57)53(41(30)56)36-5-6-38(54)48-40(36)55/h1-4,10,14,19-25,36H,5-9,11-13,15-18H2,(H,48,54,55). The van der Waals surface area contributed by atoms with Crippen LogP contribution in [0.4, 0.5) is 24.7 Å². The number of aromatic nitrogens is 3. The summed E-state index contributed by atoms with van der Waals surface area (Å²) in [5.74, 6) is -3.42. The van der Waals surface area contributed by atoms with Crippen molar-refractivity contribution in [1.82, 2.24) is 29.5 Å². The zero-order valence-corrected chi connectivity index (χ0v) is 31.0. The molecule has 3 aromatic heterocycles. The first-order valence-electron chi connectivity index (χ1n) is 19.3. The molecule has 0 radical (unpaired) electrons. The molecule has 1 unspecified atom stereocenters. The maximum absolute atomic E-state index is 15.5. The zero-order valence-electron chi connectivity index (χ0n) is 31.0. The van der Waals surface area contributed by atoms with Gasteiger partial charge >= 0.3 is 0 Å². The van der Waals surface area contributed by atoms with E-state index in [1.54, 1.807) is 35.1 Å². The predicted molar refractivity (Wildman–Crippen MR) is 205 cm³/mol. The first-order valence-corrected chi connectivity index (χ1v) is 19.3. The molecule has 2 aromatic carbocycles. The number of nitrogens with zero attached hydrogens (tertiary/aromatic N) is 7. The summed E-state index contributed by atoms with van der Waals surface area (Å²) in [6, 6.07) is 13.1. The number of fused-ring (bicyclic) bond motifs is 2. The number of piperidine rings is 2. The summed E-state index contributed by atoms with van der Waals surface area (Å²) < 4.78 is 44.5. The number of piperazine rings is 1. The number of hydrogen-bond acceptors (Lipinski definition) is 9. The van der Waals surface area contributed by atoms with Crippen molar-refractivity contribution in [2.24, 2.45) is 5.92 Å². The number of nitrogens with one attached hydrogen (secondary N) is 1. The molecule has 1 atom stereocenters. The maximum atomic E-state index is 15.5. The van der Waals surface area contributed by atoms with Crippen LogP contribution in [-0.4, -0.2) is 99.7 Å². The van der Waals surface area contributed by atoms with Crippen molar-refractivity contribution in [2.45, 2.75) is 38.1 Å². The Morgan fingerprint density at radius 1 is 0.719 bits per heavy atom. The van der Waals surface area contributed by atoms with Gasteiger partial charge in [-0.1, -0.05) is 0 Å². The molecule has 12 nitrogen and oxygen atoms in total. The van der Waals surface area contributed by atoms with Crippen LogP contribution in [-0.2, 0) is 9.59 Å². The molecule has 3 fully saturated rings. The first kappa shape index (κ1) is 36.5. The maximum Gasteiger partial charge on any atom is 0.262 e. The predicted octanol–water partition coefficient (Wildman–Crippen LogP) is 5.31. The fourth-order valence-corrected chi connectivity index (χ4v) is 8.46. The van der Waals surface area contributed by atoms with E-state index in [1.165, 1.54) is 12.1 Å². The number of carbonyl (C=O) groups excluding carboxylic acids is 4. The molecule has 57 heavy (non-hydrogen) atoms. The summed E-state index contributed by atoms with van der Waals surface area (Å²) in [5, 5.41) is 2.23. The number of benzene rings is 2. The lowest BCUT2D eigenvalue weighted by atomic mass is 9.93. The second-order valence-corrected chi connectivity index (χ2v) is 15.2. The van der Waals surface area contributed by atoms with Crippen LogP contribution in [0.2, 0.25) is 0 Å². The first-order chi connectivity index (χ1) is 27.6. The van der Waals surface area contributed by atoms with E-state index in [4.69, 9.17) is 0 Å². The Morgan fingerprint density at radius 3 is 2.25 bits per heavy atom. The molecular formula is C42H39F3N8O4. The van der Waals surface area contributed by atoms with Gasteiger partial charge in [0.2, 0.25) is 11.8 Å². The molecule has 292 valence electrons. The molecule has 4 aliphatic rings. The monoisotopic (exact) mass is 776 g/mol. The van der Waals surface area contributed by atoms with E-state index >= 15 is 4.39 Å². The van der Waals surface area contributed by atoms with Crippen LogP contribution in [0.1, 0.15) is 52.8 Å². The van der Waals surface area contributed by atoms with Gasteiger partial charge in [0.25, 0.3) is 11.8 Å². The highest BCUT2D eigenvalue weighted by Crippen LogP contribution is 2.33. The molecule has 5 aromatic rings. The van der Waals surface area contributed by atoms with Crippen LogP contribution in [0.5, 0.6) is 0 Å². The van der Waals surface area contributed by atoms with Crippen molar-refractivity contribution in [1.29, 1.82) is 0 Å². The molecule has 4 aliphatic heterocycles. The smallest absolute Gasteiger partial charge is 0.262 e. The number of imidazole rings is 1. The van der Waals surface area contributed by atoms with Gasteiger partial charge in [0.1, 0.15) is 11.7 Å². The van der Waals surface area contributed by atoms with Gasteiger partial charge in [0.15, 0.2) is 23.3 Å². The number of amides is 4. The lowest BCUT2D eigenvalue weighted by Crippen LogP contribution is -2.54. The molecular weight excluding hydrogens is 738 g/mol. The van der Waals surface area contributed by atoms with Crippen molar-refractivity contribution >= 4 is 40.8 Å². The van der Waals surface area contributed by atoms with Gasteiger partial charge in [-0.2, -0.15) is 0 Å². The number of imide groups is 2. The van der Waals surface area contributed by atoms with Crippen molar-refractivity contribution < 1.29 is 32.3 Å². The lowest BCUT2D eigenvalue weighted by Gasteiger charge is -2.38. The SMILES string of the molecule is O=C1CCC(N2C(=O)c3ccc(N4CCN(CCC5CCN(c6ncc(-c7ccn8cc(-c9ccc(F)c(F)c9)nc8c7)cc6F)CC5)CC4)cc3C2=O)C(=O)N1. The fourth-order valence-electron chi connectivity index (χ4n) is 8.46. The van der Waals surface area contributed by atoms with Crippen LogP contribution in [0.3, 0.4) is 0 Å². The van der Waals surface area contributed by atoms with Crippen molar-refractivity contribution in [3.63, 3.8) is 0 Å². The van der Waals surface area contributed by atoms with Crippen molar-refractivity contribution in [3.8, 4) is 22.4 Å². The molecule has 4 amide bonds. The van der Waals surface area contributed by atoms with Gasteiger partial charge < -0.3 is 14.2 Å². The van der Waals surface area contributed by atoms with Crippen LogP contribution in [0.25, 0.3) is 28.0 Å². The third-order valence-electron chi connectivity index (χ3n) is 11.8. The molecule has 7 heterocycles. The number of carbonyl (C=O) groups is 4. The summed E-state index contributed by atoms with van der Waals surface area (Å²) >= 11 is 0. The molecule has 15 heteroatoms. The summed E-state index contributed by atoms with van der Waals surface area (Å²) in [6.07, 6.45) is 8.32. The largest absolute Gasteiger partial charge is 0.369 e. The van der Waals surface area contributed by atoms with Crippen LogP contribution in [0, 0.1) is 23.4 Å². The second kappa shape index (κ2) is 14.8. The van der Waals surface area contributed by atoms with E-state index in [9.17, 15) is 28.0 Å². The van der Waals surface area contributed by atoms with E-state index < -0.39 is 41.3 Å². The Kier molecular flexibility index (Phi) is 9.47. The highest BCUT2D eigenvalue weighted by atomic mass is 19.2. The fraction of sp³-hybridized carbons (Fsp3) is 0.333. The Labute approximate surface area is 325 Å². The van der Waals surface area contributed by atoms with Crippen LogP contribution in [0.15, 0.2) is 73.2 Å². The van der Waals surface area contributed by atoms with Gasteiger partial charge in [-0.15, -0.1) is 0 Å². The summed E-state index contributed by atoms with van der Waals surface area (Å²) in [4.78, 5) is 67.2. The molecule has 3 saturated heterocycles. The van der Waals surface area contributed by atoms with E-state index in [2.05, 4.69) is 25.1 Å². The Bertz CT molecular complexity index is 2440. The van der Waals surface area contributed by atoms with E-state index in [0.29, 0.717) is 34.2 Å². The number of rotatable bonds is 8. The zero-order chi connectivity index (χ0) is 39.4. The summed E-state index contributed by atoms with van der Waals surface area (Å²) in [5.41, 5.74) is 4.30. The number of anilines is 2. The van der Waals surface area contributed by atoms with E-state index in [0.717, 1.165) is 93.4 Å². The van der Waals surface area contributed by atoms with Gasteiger partial charge in [0, 0.05) is 81.1 Å². The van der Waals surface area contributed by atoms with Gasteiger partial charge in [0.05, 0.1) is 16.8 Å². The number of halogens is 3. The topological polar surface area (TPSA) is 123 Å². The Morgan fingerprint density at radius 2 is 1.49 bits per heavy atom. The Hall–Kier alpha value is -6.09. The van der Waals surface area contributed by atoms with Gasteiger partial charge in [-0.25, -0.2) is 23.1 Å². The van der Waals surface area contributed by atoms with Crippen LogP contribution < -0.4 is 15.1 Å². The minimum absolute atomic E-state index is 0.0791. The highest BCUT2D eigenvalue weighted by Gasteiger charge is 2.45. The molecule has 0 saturated carbocycles. The van der Waals surface area contributed by atoms with E-state index in [-0.39, 0.29) is 29.8 Å². The number of pyridine rings is 2. The highest BCUT2D eigenvalue weighted by molar-refractivity contribution is 6.23. The van der Waals surface area contributed by atoms with Crippen molar-refractivity contribution in [2.75, 3.05) is 55.6 Å². The molecule has 0 bridgehead atoms. The molecule has 9 rings (SSSR count). The van der Waals surface area contributed by atoms with Crippen LogP contribution >= 0.6 is 0 Å². The van der Waals surface area contributed by atoms with Gasteiger partial charge in [-0.3, -0.25) is 34.3 Å². The number of hydrogen-bond donors (Lipinski definition) is 1. The quantitative estimate of drug-likeness (QED) is 0.209. The normalized spacial score (nSPS) is 19.5. The molecule has 1 N–H and O–H groups in total. The Balaban J connectivity index is 0.754. The molecule has 0 aliphatic carbocycles. The van der Waals surface area contributed by atoms with Crippen molar-refractivity contribution in [3.05, 3.63) is 102 Å². The third kappa shape index (κ3) is 7.00. The lowest BCUT2D eigenvalue weighted by molar-refractivity contribution is -0.136. The third-order valence-corrected chi connectivity index (χ3v) is 11.8. The average molecular weight is 777 g/mol. The summed E-state index contributed by atoms with van der Waals surface area (Å²) in [6.45, 7) is 5.65. The minimum atomic E-state index is -0.987. The minimum Gasteiger partial charge on any atom is -0.369 e. The second-order valence-electron chi connectivity index (χ2n) is 15.2. The summed E-state index contributed by atoms with van der Waals surface area (Å²) in [7, 11) is 0. The van der Waals surface area contributed by atoms with Gasteiger partial charge in [-0.05, 0) is 98.3 Å².